The summed E-state index contributed by atoms with van der Waals surface area (Å²) in [5.74, 6) is -0.962. The average Bonchev–Trinajstić information content (AvgIpc) is 2.28. The molecule has 0 atom stereocenters. The van der Waals surface area contributed by atoms with Gasteiger partial charge in [0, 0.05) is 15.4 Å². The summed E-state index contributed by atoms with van der Waals surface area (Å²) in [4.78, 5) is 11.0. The second-order valence-electron chi connectivity index (χ2n) is 1.94. The molecule has 1 aromatic heterocycles. The minimum absolute atomic E-state index is 0.625. The number of hydrogen-bond donors (Lipinski definition) is 1. The van der Waals surface area contributed by atoms with Gasteiger partial charge in [-0.15, -0.1) is 11.3 Å². The molecule has 12 heavy (non-hydrogen) atoms. The summed E-state index contributed by atoms with van der Waals surface area (Å²) in [7, 11) is 0. The van der Waals surface area contributed by atoms with E-state index >= 15 is 0 Å². The monoisotopic (exact) mass is 266 g/mol. The third-order valence-electron chi connectivity index (χ3n) is 1.05. The van der Waals surface area contributed by atoms with Crippen LogP contribution in [0.2, 0.25) is 4.34 Å². The molecule has 0 unspecified atom stereocenters. The van der Waals surface area contributed by atoms with Crippen molar-refractivity contribution in [3.63, 3.8) is 0 Å². The zero-order valence-corrected chi connectivity index (χ0v) is 8.91. The molecule has 0 spiro atoms. The Labute approximate surface area is 86.6 Å². The van der Waals surface area contributed by atoms with Crippen molar-refractivity contribution in [2.75, 3.05) is 0 Å². The van der Waals surface area contributed by atoms with E-state index in [9.17, 15) is 4.79 Å². The molecule has 0 saturated carbocycles. The summed E-state index contributed by atoms with van der Waals surface area (Å²) in [5.41, 5.74) is 0. The smallest absolute Gasteiger partial charge is 0.328 e. The Hall–Kier alpha value is -0.320. The molecule has 0 radical (unpaired) electrons. The van der Waals surface area contributed by atoms with Crippen molar-refractivity contribution in [2.45, 2.75) is 0 Å². The number of carboxylic acid groups (broad SMARTS) is 1. The highest BCUT2D eigenvalue weighted by Gasteiger charge is 2.01. The number of carboxylic acids is 1. The first kappa shape index (κ1) is 9.77. The molecule has 0 saturated heterocycles. The van der Waals surface area contributed by atoms with Gasteiger partial charge in [0.15, 0.2) is 0 Å². The van der Waals surface area contributed by atoms with Gasteiger partial charge in [0.25, 0.3) is 0 Å². The number of halogens is 2. The van der Waals surface area contributed by atoms with Crippen LogP contribution in [0.5, 0.6) is 0 Å². The third kappa shape index (κ3) is 2.62. The molecule has 5 heteroatoms. The van der Waals surface area contributed by atoms with E-state index in [1.807, 2.05) is 0 Å². The molecule has 0 fully saturated rings. The number of rotatable bonds is 2. The number of aliphatic carboxylic acids is 1. The maximum absolute atomic E-state index is 10.1. The molecular weight excluding hydrogens is 263 g/mol. The normalized spacial score (nSPS) is 10.8. The first-order valence-corrected chi connectivity index (χ1v) is 4.94. The summed E-state index contributed by atoms with van der Waals surface area (Å²) < 4.78 is 1.42. The Morgan fingerprint density at radius 1 is 1.75 bits per heavy atom. The summed E-state index contributed by atoms with van der Waals surface area (Å²) in [6.45, 7) is 0. The van der Waals surface area contributed by atoms with Gasteiger partial charge in [-0.05, 0) is 28.1 Å². The fraction of sp³-hybridized carbons (Fsp3) is 0. The SMILES string of the molecule is O=C(O)C=Cc1cc(Br)c(Cl)s1. The topological polar surface area (TPSA) is 37.3 Å². The van der Waals surface area contributed by atoms with Crippen LogP contribution in [0.15, 0.2) is 16.6 Å². The molecule has 0 aliphatic carbocycles. The van der Waals surface area contributed by atoms with Crippen molar-refractivity contribution < 1.29 is 9.90 Å². The van der Waals surface area contributed by atoms with E-state index in [1.165, 1.54) is 17.4 Å². The lowest BCUT2D eigenvalue weighted by Crippen LogP contribution is -1.84. The fourth-order valence-corrected chi connectivity index (χ4v) is 2.24. The van der Waals surface area contributed by atoms with E-state index in [2.05, 4.69) is 15.9 Å². The number of thiophene rings is 1. The van der Waals surface area contributed by atoms with Crippen LogP contribution in [-0.2, 0) is 4.79 Å². The van der Waals surface area contributed by atoms with Crippen molar-refractivity contribution in [1.82, 2.24) is 0 Å². The minimum Gasteiger partial charge on any atom is -0.478 e. The van der Waals surface area contributed by atoms with Crippen LogP contribution < -0.4 is 0 Å². The van der Waals surface area contributed by atoms with Gasteiger partial charge in [-0.2, -0.15) is 0 Å². The van der Waals surface area contributed by atoms with Crippen LogP contribution in [0, 0.1) is 0 Å². The van der Waals surface area contributed by atoms with Crippen LogP contribution in [-0.4, -0.2) is 11.1 Å². The van der Waals surface area contributed by atoms with Crippen LogP contribution in [0.25, 0.3) is 6.08 Å². The average molecular weight is 268 g/mol. The predicted octanol–water partition coefficient (Wildman–Crippen LogP) is 3.26. The van der Waals surface area contributed by atoms with Crippen LogP contribution in [0.4, 0.5) is 0 Å². The van der Waals surface area contributed by atoms with E-state index < -0.39 is 5.97 Å². The van der Waals surface area contributed by atoms with Gasteiger partial charge in [-0.25, -0.2) is 4.79 Å². The predicted molar refractivity (Wildman–Crippen MR) is 53.7 cm³/mol. The summed E-state index contributed by atoms with van der Waals surface area (Å²) >= 11 is 10.3. The lowest BCUT2D eigenvalue weighted by atomic mass is 10.4. The Morgan fingerprint density at radius 2 is 2.42 bits per heavy atom. The maximum atomic E-state index is 10.1. The van der Waals surface area contributed by atoms with E-state index in [4.69, 9.17) is 16.7 Å². The third-order valence-corrected chi connectivity index (χ3v) is 3.49. The van der Waals surface area contributed by atoms with Gasteiger partial charge in [0.2, 0.25) is 0 Å². The van der Waals surface area contributed by atoms with Crippen molar-refractivity contribution in [3.8, 4) is 0 Å². The quantitative estimate of drug-likeness (QED) is 0.835. The molecule has 0 aliphatic heterocycles. The zero-order valence-electron chi connectivity index (χ0n) is 5.75. The van der Waals surface area contributed by atoms with Crippen LogP contribution >= 0.6 is 38.9 Å². The van der Waals surface area contributed by atoms with Crippen LogP contribution in [0.3, 0.4) is 0 Å². The second-order valence-corrected chi connectivity index (χ2v) is 4.48. The summed E-state index contributed by atoms with van der Waals surface area (Å²) in [5, 5.41) is 8.32. The molecule has 0 aromatic carbocycles. The first-order chi connectivity index (χ1) is 5.59. The molecule has 1 rings (SSSR count). The molecule has 64 valence electrons. The molecule has 1 heterocycles. The Morgan fingerprint density at radius 3 is 2.83 bits per heavy atom. The van der Waals surface area contributed by atoms with Gasteiger partial charge in [-0.1, -0.05) is 11.6 Å². The Kier molecular flexibility index (Phi) is 3.31. The van der Waals surface area contributed by atoms with Crippen molar-refractivity contribution in [1.29, 1.82) is 0 Å². The molecular formula is C7H4BrClO2S. The molecule has 0 amide bonds. The Bertz CT molecular complexity index is 313. The lowest BCUT2D eigenvalue weighted by Gasteiger charge is -1.79. The summed E-state index contributed by atoms with van der Waals surface area (Å²) in [6, 6.07) is 1.77. The lowest BCUT2D eigenvalue weighted by molar-refractivity contribution is -0.131. The van der Waals surface area contributed by atoms with E-state index in [1.54, 1.807) is 6.07 Å². The van der Waals surface area contributed by atoms with E-state index in [0.29, 0.717) is 4.34 Å². The zero-order chi connectivity index (χ0) is 9.14. The molecule has 1 N–H and O–H groups in total. The highest BCUT2D eigenvalue weighted by Crippen LogP contribution is 2.32. The first-order valence-electron chi connectivity index (χ1n) is 2.95. The van der Waals surface area contributed by atoms with Crippen molar-refractivity contribution >= 4 is 50.9 Å². The molecule has 0 bridgehead atoms. The number of carbonyl (C=O) groups is 1. The van der Waals surface area contributed by atoms with E-state index in [-0.39, 0.29) is 0 Å². The van der Waals surface area contributed by atoms with Gasteiger partial charge in [-0.3, -0.25) is 0 Å². The van der Waals surface area contributed by atoms with Crippen molar-refractivity contribution in [2.24, 2.45) is 0 Å². The standard InChI is InChI=1S/C7H4BrClO2S/c8-5-3-4(12-7(5)9)1-2-6(10)11/h1-3H,(H,10,11). The fourth-order valence-electron chi connectivity index (χ4n) is 0.599. The Balaban J connectivity index is 2.83. The molecule has 1 aromatic rings. The largest absolute Gasteiger partial charge is 0.478 e. The summed E-state index contributed by atoms with van der Waals surface area (Å²) in [6.07, 6.45) is 2.58. The van der Waals surface area contributed by atoms with Gasteiger partial charge in [0.05, 0.1) is 0 Å². The highest BCUT2D eigenvalue weighted by atomic mass is 79.9. The van der Waals surface area contributed by atoms with Gasteiger partial charge in [0.1, 0.15) is 4.34 Å². The molecule has 2 nitrogen and oxygen atoms in total. The van der Waals surface area contributed by atoms with Gasteiger partial charge >= 0.3 is 5.97 Å². The van der Waals surface area contributed by atoms with Gasteiger partial charge < -0.3 is 5.11 Å². The van der Waals surface area contributed by atoms with Crippen molar-refractivity contribution in [3.05, 3.63) is 25.8 Å². The minimum atomic E-state index is -0.962. The maximum Gasteiger partial charge on any atom is 0.328 e. The second kappa shape index (κ2) is 4.07. The molecule has 0 aliphatic rings. The highest BCUT2D eigenvalue weighted by molar-refractivity contribution is 9.10. The number of hydrogen-bond acceptors (Lipinski definition) is 2. The van der Waals surface area contributed by atoms with Crippen LogP contribution in [0.1, 0.15) is 4.88 Å². The van der Waals surface area contributed by atoms with E-state index in [0.717, 1.165) is 15.4 Å².